The second-order valence-electron chi connectivity index (χ2n) is 3.01. The molecular weight excluding hydrogens is 226 g/mol. The smallest absolute Gasteiger partial charge is 0.340 e. The third kappa shape index (κ3) is 1.87. The Hall–Kier alpha value is -1.95. The number of amides is 1. The maximum atomic E-state index is 11.4. The Kier molecular flexibility index (Phi) is 2.82. The number of carbonyl (C=O) groups is 1. The fraction of sp³-hybridized carbons (Fsp3) is 0.100. The molecule has 1 aromatic carbocycles. The highest BCUT2D eigenvalue weighted by Crippen LogP contribution is 2.19. The highest BCUT2D eigenvalue weighted by Gasteiger charge is 2.12. The fourth-order valence-corrected chi connectivity index (χ4v) is 2.03. The number of hydrogen-bond donors (Lipinski definition) is 1. The molecule has 82 valence electrons. The van der Waals surface area contributed by atoms with Crippen LogP contribution in [0.1, 0.15) is 0 Å². The molecule has 0 aliphatic rings. The van der Waals surface area contributed by atoms with Crippen molar-refractivity contribution in [1.29, 1.82) is 0 Å². The quantitative estimate of drug-likeness (QED) is 0.806. The van der Waals surface area contributed by atoms with Gasteiger partial charge in [0, 0.05) is 12.6 Å². The highest BCUT2D eigenvalue weighted by molar-refractivity contribution is 7.10. The Bertz CT molecular complexity index is 559. The van der Waals surface area contributed by atoms with Crippen LogP contribution < -0.4 is 11.0 Å². The highest BCUT2D eigenvalue weighted by atomic mass is 32.1. The molecule has 0 fully saturated rings. The van der Waals surface area contributed by atoms with Gasteiger partial charge in [0.25, 0.3) is 0 Å². The summed E-state index contributed by atoms with van der Waals surface area (Å²) in [6.07, 6.45) is 0. The van der Waals surface area contributed by atoms with Gasteiger partial charge in [0.1, 0.15) is 5.01 Å². The average molecular weight is 235 g/mol. The van der Waals surface area contributed by atoms with Gasteiger partial charge in [-0.25, -0.2) is 9.59 Å². The van der Waals surface area contributed by atoms with Crippen molar-refractivity contribution in [3.05, 3.63) is 40.8 Å². The van der Waals surface area contributed by atoms with E-state index in [4.69, 9.17) is 0 Å². The van der Waals surface area contributed by atoms with Gasteiger partial charge in [-0.05, 0) is 11.5 Å². The summed E-state index contributed by atoms with van der Waals surface area (Å²) in [7, 11) is 1.47. The van der Waals surface area contributed by atoms with Crippen LogP contribution >= 0.6 is 11.5 Å². The Morgan fingerprint density at radius 2 is 2.06 bits per heavy atom. The van der Waals surface area contributed by atoms with Crippen LogP contribution in [-0.2, 0) is 0 Å². The Balaban J connectivity index is 2.47. The van der Waals surface area contributed by atoms with Crippen LogP contribution in [0.2, 0.25) is 0 Å². The summed E-state index contributed by atoms with van der Waals surface area (Å²) in [5.74, 6) is 0. The minimum atomic E-state index is -0.553. The third-order valence-electron chi connectivity index (χ3n) is 1.97. The van der Waals surface area contributed by atoms with Gasteiger partial charge in [-0.3, -0.25) is 0 Å². The van der Waals surface area contributed by atoms with Crippen molar-refractivity contribution in [2.75, 3.05) is 7.05 Å². The van der Waals surface area contributed by atoms with Crippen LogP contribution in [0.3, 0.4) is 0 Å². The summed E-state index contributed by atoms with van der Waals surface area (Å²) >= 11 is 1.03. The largest absolute Gasteiger partial charge is 0.366 e. The first-order valence-corrected chi connectivity index (χ1v) is 5.37. The van der Waals surface area contributed by atoms with E-state index in [2.05, 4.69) is 10.3 Å². The molecule has 0 saturated heterocycles. The second-order valence-corrected chi connectivity index (χ2v) is 3.94. The Labute approximate surface area is 95.5 Å². The minimum absolute atomic E-state index is 0.468. The predicted octanol–water partition coefficient (Wildman–Crippen LogP) is 1.16. The molecule has 2 aromatic rings. The number of aromatic nitrogens is 2. The predicted molar refractivity (Wildman–Crippen MR) is 61.7 cm³/mol. The van der Waals surface area contributed by atoms with E-state index < -0.39 is 11.7 Å². The lowest BCUT2D eigenvalue weighted by Gasteiger charge is -1.95. The Morgan fingerprint density at radius 3 is 2.69 bits per heavy atom. The van der Waals surface area contributed by atoms with E-state index in [1.165, 1.54) is 7.05 Å². The standard InChI is InChI=1S/C10H9N3O2S/c1-11-9(14)13-10(15)12-8(16-13)7-5-3-2-4-6-7/h2-6H,1H3,(H,11,14). The third-order valence-corrected chi connectivity index (χ3v) is 2.97. The van der Waals surface area contributed by atoms with Crippen molar-refractivity contribution < 1.29 is 4.79 Å². The number of nitrogens with zero attached hydrogens (tertiary/aromatic N) is 2. The molecule has 6 heteroatoms. The maximum Gasteiger partial charge on any atom is 0.366 e. The van der Waals surface area contributed by atoms with E-state index in [-0.39, 0.29) is 0 Å². The number of rotatable bonds is 1. The van der Waals surface area contributed by atoms with Gasteiger partial charge in [0.15, 0.2) is 0 Å². The van der Waals surface area contributed by atoms with Crippen LogP contribution in [0.15, 0.2) is 35.1 Å². The van der Waals surface area contributed by atoms with E-state index >= 15 is 0 Å². The molecule has 5 nitrogen and oxygen atoms in total. The summed E-state index contributed by atoms with van der Waals surface area (Å²) < 4.78 is 0.988. The first kappa shape index (κ1) is 10.6. The number of hydrogen-bond acceptors (Lipinski definition) is 4. The zero-order chi connectivity index (χ0) is 11.5. The normalized spacial score (nSPS) is 10.1. The first-order chi connectivity index (χ1) is 7.72. The van der Waals surface area contributed by atoms with Gasteiger partial charge >= 0.3 is 11.7 Å². The molecule has 0 saturated carbocycles. The molecular formula is C10H9N3O2S. The number of carbonyl (C=O) groups excluding carboxylic acids is 1. The maximum absolute atomic E-state index is 11.4. The van der Waals surface area contributed by atoms with Crippen LogP contribution in [0.25, 0.3) is 10.6 Å². The summed E-state index contributed by atoms with van der Waals surface area (Å²) in [5, 5.41) is 2.92. The minimum Gasteiger partial charge on any atom is -0.340 e. The lowest BCUT2D eigenvalue weighted by molar-refractivity contribution is 0.245. The van der Waals surface area contributed by atoms with Gasteiger partial charge in [0.2, 0.25) is 0 Å². The molecule has 1 aromatic heterocycles. The molecule has 1 amide bonds. The zero-order valence-electron chi connectivity index (χ0n) is 8.51. The Morgan fingerprint density at radius 1 is 1.38 bits per heavy atom. The lowest BCUT2D eigenvalue weighted by Crippen LogP contribution is -2.30. The second kappa shape index (κ2) is 4.28. The summed E-state index contributed by atoms with van der Waals surface area (Å²) in [6, 6.07) is 8.79. The topological polar surface area (TPSA) is 64.0 Å². The van der Waals surface area contributed by atoms with Crippen LogP contribution in [-0.4, -0.2) is 22.0 Å². The van der Waals surface area contributed by atoms with Crippen molar-refractivity contribution in [3.8, 4) is 10.6 Å². The summed E-state index contributed by atoms with van der Waals surface area (Å²) in [4.78, 5) is 26.5. The molecule has 0 bridgehead atoms. The molecule has 0 aliphatic heterocycles. The van der Waals surface area contributed by atoms with Crippen LogP contribution in [0, 0.1) is 0 Å². The first-order valence-electron chi connectivity index (χ1n) is 4.60. The van der Waals surface area contributed by atoms with Gasteiger partial charge in [-0.15, -0.1) is 0 Å². The van der Waals surface area contributed by atoms with E-state index in [0.29, 0.717) is 5.01 Å². The molecule has 1 N–H and O–H groups in total. The number of nitrogens with one attached hydrogen (secondary N) is 1. The zero-order valence-corrected chi connectivity index (χ0v) is 9.32. The SMILES string of the molecule is CNC(=O)n1sc(-c2ccccc2)nc1=O. The molecule has 0 atom stereocenters. The molecule has 0 unspecified atom stereocenters. The number of benzene rings is 1. The molecule has 1 heterocycles. The fourth-order valence-electron chi connectivity index (χ4n) is 1.21. The molecule has 0 aliphatic carbocycles. The van der Waals surface area contributed by atoms with Crippen molar-refractivity contribution in [2.45, 2.75) is 0 Å². The van der Waals surface area contributed by atoms with Crippen molar-refractivity contribution in [2.24, 2.45) is 0 Å². The summed E-state index contributed by atoms with van der Waals surface area (Å²) in [5.41, 5.74) is 0.274. The molecule has 0 spiro atoms. The van der Waals surface area contributed by atoms with E-state index in [1.807, 2.05) is 30.3 Å². The van der Waals surface area contributed by atoms with Gasteiger partial charge in [0.05, 0.1) is 0 Å². The van der Waals surface area contributed by atoms with Crippen molar-refractivity contribution in [3.63, 3.8) is 0 Å². The molecule has 16 heavy (non-hydrogen) atoms. The van der Waals surface area contributed by atoms with Gasteiger partial charge < -0.3 is 5.32 Å². The van der Waals surface area contributed by atoms with E-state index in [0.717, 1.165) is 21.1 Å². The monoisotopic (exact) mass is 235 g/mol. The lowest BCUT2D eigenvalue weighted by atomic mass is 10.2. The van der Waals surface area contributed by atoms with E-state index in [9.17, 15) is 9.59 Å². The van der Waals surface area contributed by atoms with Gasteiger partial charge in [-0.2, -0.15) is 8.94 Å². The van der Waals surface area contributed by atoms with Gasteiger partial charge in [-0.1, -0.05) is 30.3 Å². The van der Waals surface area contributed by atoms with Crippen molar-refractivity contribution >= 4 is 17.6 Å². The summed E-state index contributed by atoms with van der Waals surface area (Å²) in [6.45, 7) is 0. The average Bonchev–Trinajstić information content (AvgIpc) is 2.71. The van der Waals surface area contributed by atoms with Crippen LogP contribution in [0.4, 0.5) is 4.79 Å². The molecule has 2 rings (SSSR count). The van der Waals surface area contributed by atoms with E-state index in [1.54, 1.807) is 0 Å². The van der Waals surface area contributed by atoms with Crippen LogP contribution in [0.5, 0.6) is 0 Å². The molecule has 0 radical (unpaired) electrons. The van der Waals surface area contributed by atoms with Crippen molar-refractivity contribution in [1.82, 2.24) is 14.3 Å².